The number of nitrogens with one attached hydrogen (secondary N) is 1. The second kappa shape index (κ2) is 7.40. The molecule has 1 N–H and O–H groups in total. The van der Waals surface area contributed by atoms with Gasteiger partial charge >= 0.3 is 5.97 Å². The predicted molar refractivity (Wildman–Crippen MR) is 102 cm³/mol. The Hall–Kier alpha value is -2.87. The highest BCUT2D eigenvalue weighted by molar-refractivity contribution is 7.92. The fourth-order valence-electron chi connectivity index (χ4n) is 2.89. The van der Waals surface area contributed by atoms with E-state index >= 15 is 0 Å². The quantitative estimate of drug-likeness (QED) is 0.793. The third kappa shape index (κ3) is 4.28. The molecule has 1 aliphatic rings. The lowest BCUT2D eigenvalue weighted by atomic mass is 10.1. The first-order valence-corrected chi connectivity index (χ1v) is 10.3. The summed E-state index contributed by atoms with van der Waals surface area (Å²) in [7, 11) is -3.34. The molecule has 1 aliphatic heterocycles. The maximum atomic E-state index is 12.4. The number of anilines is 2. The van der Waals surface area contributed by atoms with E-state index in [4.69, 9.17) is 4.74 Å². The van der Waals surface area contributed by atoms with E-state index in [1.165, 1.54) is 17.3 Å². The Kier molecular flexibility index (Phi) is 5.18. The fraction of sp³-hybridized carbons (Fsp3) is 0.263. The van der Waals surface area contributed by atoms with Crippen LogP contribution in [0.2, 0.25) is 0 Å². The molecule has 1 atom stereocenters. The maximum absolute atomic E-state index is 12.4. The molecular formula is C19H20N2O5S. The molecular weight excluding hydrogens is 368 g/mol. The number of hydrogen-bond donors (Lipinski definition) is 1. The molecule has 0 spiro atoms. The minimum atomic E-state index is -3.34. The number of ether oxygens (including phenoxy) is 1. The number of amides is 1. The van der Waals surface area contributed by atoms with Gasteiger partial charge in [0.05, 0.1) is 17.5 Å². The lowest BCUT2D eigenvalue weighted by Gasteiger charge is -2.17. The third-order valence-corrected chi connectivity index (χ3v) is 5.44. The van der Waals surface area contributed by atoms with Gasteiger partial charge in [0.1, 0.15) is 0 Å². The van der Waals surface area contributed by atoms with Gasteiger partial charge in [-0.2, -0.15) is 0 Å². The Bertz CT molecular complexity index is 973. The molecule has 7 nitrogen and oxygen atoms in total. The molecule has 0 fully saturated rings. The molecule has 1 heterocycles. The van der Waals surface area contributed by atoms with Gasteiger partial charge in [-0.1, -0.05) is 18.2 Å². The van der Waals surface area contributed by atoms with Gasteiger partial charge in [0.25, 0.3) is 5.91 Å². The highest BCUT2D eigenvalue weighted by Gasteiger charge is 2.27. The highest BCUT2D eigenvalue weighted by atomic mass is 32.2. The van der Waals surface area contributed by atoms with Gasteiger partial charge in [0.15, 0.2) is 6.10 Å². The highest BCUT2D eigenvalue weighted by Crippen LogP contribution is 2.30. The van der Waals surface area contributed by atoms with Gasteiger partial charge in [-0.25, -0.2) is 13.2 Å². The number of fused-ring (bicyclic) bond motifs is 1. The van der Waals surface area contributed by atoms with E-state index < -0.39 is 28.0 Å². The fourth-order valence-corrected chi connectivity index (χ4v) is 3.85. The molecule has 0 bridgehead atoms. The maximum Gasteiger partial charge on any atom is 0.338 e. The van der Waals surface area contributed by atoms with Gasteiger partial charge in [0, 0.05) is 12.2 Å². The van der Waals surface area contributed by atoms with Crippen LogP contribution in [0.15, 0.2) is 48.5 Å². The van der Waals surface area contributed by atoms with Crippen molar-refractivity contribution < 1.29 is 22.7 Å². The number of esters is 1. The Morgan fingerprint density at radius 3 is 2.52 bits per heavy atom. The molecule has 27 heavy (non-hydrogen) atoms. The van der Waals surface area contributed by atoms with E-state index in [0.29, 0.717) is 24.3 Å². The largest absolute Gasteiger partial charge is 0.449 e. The molecule has 0 unspecified atom stereocenters. The average molecular weight is 388 g/mol. The monoisotopic (exact) mass is 388 g/mol. The van der Waals surface area contributed by atoms with Crippen molar-refractivity contribution in [1.82, 2.24) is 0 Å². The molecule has 8 heteroatoms. The van der Waals surface area contributed by atoms with Crippen molar-refractivity contribution in [3.63, 3.8) is 0 Å². The van der Waals surface area contributed by atoms with E-state index in [0.717, 1.165) is 11.8 Å². The second-order valence-electron chi connectivity index (χ2n) is 6.33. The molecule has 0 aliphatic carbocycles. The van der Waals surface area contributed by atoms with E-state index in [1.54, 1.807) is 36.4 Å². The summed E-state index contributed by atoms with van der Waals surface area (Å²) in [6.07, 6.45) is 0.698. The molecule has 1 amide bonds. The average Bonchev–Trinajstić information content (AvgIpc) is 3.06. The van der Waals surface area contributed by atoms with Crippen LogP contribution in [0.3, 0.4) is 0 Å². The lowest BCUT2D eigenvalue weighted by Crippen LogP contribution is -2.30. The van der Waals surface area contributed by atoms with Crippen molar-refractivity contribution >= 4 is 33.3 Å². The first-order valence-electron chi connectivity index (χ1n) is 8.43. The molecule has 2 aromatic rings. The second-order valence-corrected chi connectivity index (χ2v) is 8.24. The van der Waals surface area contributed by atoms with Crippen LogP contribution in [0.25, 0.3) is 0 Å². The number of hydrogen-bond acceptors (Lipinski definition) is 5. The van der Waals surface area contributed by atoms with Crippen LogP contribution in [0.1, 0.15) is 22.8 Å². The molecule has 0 saturated carbocycles. The Labute approximate surface area is 158 Å². The molecule has 142 valence electrons. The zero-order valence-electron chi connectivity index (χ0n) is 15.0. The van der Waals surface area contributed by atoms with Crippen LogP contribution in [-0.2, 0) is 26.0 Å². The van der Waals surface area contributed by atoms with Gasteiger partial charge in [0.2, 0.25) is 10.0 Å². The van der Waals surface area contributed by atoms with Crippen molar-refractivity contribution in [2.75, 3.05) is 22.4 Å². The zero-order chi connectivity index (χ0) is 19.6. The first-order chi connectivity index (χ1) is 12.8. The van der Waals surface area contributed by atoms with Crippen LogP contribution < -0.4 is 9.62 Å². The van der Waals surface area contributed by atoms with E-state index in [9.17, 15) is 18.0 Å². The molecule has 0 radical (unpaired) electrons. The van der Waals surface area contributed by atoms with Crippen molar-refractivity contribution in [2.45, 2.75) is 19.4 Å². The van der Waals surface area contributed by atoms with Gasteiger partial charge in [-0.3, -0.25) is 9.10 Å². The van der Waals surface area contributed by atoms with Crippen molar-refractivity contribution in [1.29, 1.82) is 0 Å². The topological polar surface area (TPSA) is 92.8 Å². The number of carbonyl (C=O) groups is 2. The number of rotatable bonds is 5. The minimum absolute atomic E-state index is 0.281. The van der Waals surface area contributed by atoms with Gasteiger partial charge in [-0.15, -0.1) is 0 Å². The Morgan fingerprint density at radius 1 is 1.15 bits per heavy atom. The summed E-state index contributed by atoms with van der Waals surface area (Å²) in [5.41, 5.74) is 2.23. The molecule has 3 rings (SSSR count). The van der Waals surface area contributed by atoms with Crippen LogP contribution in [0, 0.1) is 0 Å². The summed E-state index contributed by atoms with van der Waals surface area (Å²) in [4.78, 5) is 24.5. The third-order valence-electron chi connectivity index (χ3n) is 4.26. The van der Waals surface area contributed by atoms with Crippen molar-refractivity contribution in [2.24, 2.45) is 0 Å². The lowest BCUT2D eigenvalue weighted by molar-refractivity contribution is -0.123. The number of carbonyl (C=O) groups excluding carboxylic acids is 2. The van der Waals surface area contributed by atoms with Crippen molar-refractivity contribution in [3.05, 3.63) is 59.7 Å². The Morgan fingerprint density at radius 2 is 1.85 bits per heavy atom. The normalized spacial score (nSPS) is 14.4. The summed E-state index contributed by atoms with van der Waals surface area (Å²) in [5.74, 6) is -1.06. The van der Waals surface area contributed by atoms with Crippen molar-refractivity contribution in [3.8, 4) is 0 Å². The minimum Gasteiger partial charge on any atom is -0.449 e. The number of benzene rings is 2. The van der Waals surface area contributed by atoms with E-state index in [-0.39, 0.29) is 5.56 Å². The van der Waals surface area contributed by atoms with Gasteiger partial charge < -0.3 is 10.1 Å². The molecule has 0 saturated heterocycles. The van der Waals surface area contributed by atoms with E-state index in [2.05, 4.69) is 5.32 Å². The summed E-state index contributed by atoms with van der Waals surface area (Å²) in [6.45, 7) is 1.84. The predicted octanol–water partition coefficient (Wildman–Crippen LogP) is 2.19. The first kappa shape index (κ1) is 18.9. The Balaban J connectivity index is 1.67. The summed E-state index contributed by atoms with van der Waals surface area (Å²) in [5, 5.41) is 2.67. The number of sulfonamides is 1. The number of nitrogens with zero attached hydrogens (tertiary/aromatic N) is 1. The van der Waals surface area contributed by atoms with Gasteiger partial charge in [-0.05, 0) is 49.2 Å². The molecule has 2 aromatic carbocycles. The van der Waals surface area contributed by atoms with Crippen LogP contribution in [0.4, 0.5) is 11.4 Å². The summed E-state index contributed by atoms with van der Waals surface area (Å²) >= 11 is 0. The SMILES string of the molecule is C[C@@H](OC(=O)c1ccc2c(c1)CCN2S(C)(=O)=O)C(=O)Nc1ccccc1. The summed E-state index contributed by atoms with van der Waals surface area (Å²) < 4.78 is 30.1. The van der Waals surface area contributed by atoms with Crippen LogP contribution >= 0.6 is 0 Å². The van der Waals surface area contributed by atoms with Crippen LogP contribution in [-0.4, -0.2) is 39.2 Å². The van der Waals surface area contributed by atoms with Crippen LogP contribution in [0.5, 0.6) is 0 Å². The standard InChI is InChI=1S/C19H20N2O5S/c1-13(18(22)20-16-6-4-3-5-7-16)26-19(23)15-8-9-17-14(12-15)10-11-21(17)27(2,24)25/h3-9,12-13H,10-11H2,1-2H3,(H,20,22)/t13-/m1/s1. The molecule has 0 aromatic heterocycles. The smallest absolute Gasteiger partial charge is 0.338 e. The van der Waals surface area contributed by atoms with E-state index in [1.807, 2.05) is 6.07 Å². The summed E-state index contributed by atoms with van der Waals surface area (Å²) in [6, 6.07) is 13.6. The number of para-hydroxylation sites is 1. The zero-order valence-corrected chi connectivity index (χ0v) is 15.8.